The van der Waals surface area contributed by atoms with E-state index in [1.54, 1.807) is 0 Å². The van der Waals surface area contributed by atoms with Crippen LogP contribution in [0.25, 0.3) is 10.8 Å². The van der Waals surface area contributed by atoms with E-state index in [-0.39, 0.29) is 41.0 Å². The predicted octanol–water partition coefficient (Wildman–Crippen LogP) is 4.75. The number of ether oxygens (including phenoxy) is 2. The summed E-state index contributed by atoms with van der Waals surface area (Å²) in [5.41, 5.74) is 7.71. The Morgan fingerprint density at radius 2 is 2.08 bits per heavy atom. The summed E-state index contributed by atoms with van der Waals surface area (Å²) in [6, 6.07) is 8.31. The minimum absolute atomic E-state index is 0.0580. The molecule has 36 heavy (non-hydrogen) atoms. The lowest BCUT2D eigenvalue weighted by Gasteiger charge is -2.45. The summed E-state index contributed by atoms with van der Waals surface area (Å²) in [6.45, 7) is 6.26. The minimum Gasteiger partial charge on any atom is -0.489 e. The standard InChI is InChI=1S/C30H32N2O4/c1-17(33)36-30(3)14-24-27-19(13-23-25(34)11-18(15-31)12-26(23)35-27)7-9-29(24,2)28(30)22-6-4-5-20-16-32-10-8-21(20)22/h4-10,13,16,18,24,27-28H,11-12,14-15,31H2,1-3H3/t18?,24-,27+,28+,29-,30?/m0/s1. The van der Waals surface area contributed by atoms with Gasteiger partial charge < -0.3 is 15.2 Å². The van der Waals surface area contributed by atoms with Crippen molar-refractivity contribution in [3.63, 3.8) is 0 Å². The monoisotopic (exact) mass is 484 g/mol. The van der Waals surface area contributed by atoms with Crippen molar-refractivity contribution in [3.05, 3.63) is 77.4 Å². The average Bonchev–Trinajstić information content (AvgIpc) is 3.08. The fourth-order valence-electron chi connectivity index (χ4n) is 7.41. The largest absolute Gasteiger partial charge is 0.489 e. The van der Waals surface area contributed by atoms with E-state index >= 15 is 0 Å². The van der Waals surface area contributed by atoms with Crippen molar-refractivity contribution in [3.8, 4) is 0 Å². The van der Waals surface area contributed by atoms with Crippen LogP contribution in [-0.4, -0.2) is 35.0 Å². The van der Waals surface area contributed by atoms with E-state index in [1.807, 2.05) is 24.5 Å². The van der Waals surface area contributed by atoms with Crippen LogP contribution in [0, 0.1) is 17.3 Å². The van der Waals surface area contributed by atoms with E-state index in [1.165, 1.54) is 6.92 Å². The highest BCUT2D eigenvalue weighted by atomic mass is 16.6. The van der Waals surface area contributed by atoms with E-state index in [4.69, 9.17) is 15.2 Å². The molecule has 6 heteroatoms. The Balaban J connectivity index is 1.48. The second-order valence-corrected chi connectivity index (χ2v) is 11.2. The lowest BCUT2D eigenvalue weighted by atomic mass is 9.63. The Hall–Kier alpha value is -3.25. The number of fused-ring (bicyclic) bond motifs is 4. The molecule has 2 aromatic rings. The van der Waals surface area contributed by atoms with Crippen LogP contribution >= 0.6 is 0 Å². The molecule has 1 aromatic carbocycles. The summed E-state index contributed by atoms with van der Waals surface area (Å²) in [4.78, 5) is 29.5. The molecule has 2 unspecified atom stereocenters. The van der Waals surface area contributed by atoms with Crippen LogP contribution in [0.5, 0.6) is 0 Å². The van der Waals surface area contributed by atoms with Gasteiger partial charge in [0.05, 0.1) is 5.57 Å². The third-order valence-electron chi connectivity index (χ3n) is 8.85. The van der Waals surface area contributed by atoms with Crippen LogP contribution in [0.2, 0.25) is 0 Å². The van der Waals surface area contributed by atoms with E-state index in [9.17, 15) is 9.59 Å². The maximum Gasteiger partial charge on any atom is 0.303 e. The van der Waals surface area contributed by atoms with Gasteiger partial charge in [-0.05, 0) is 54.5 Å². The summed E-state index contributed by atoms with van der Waals surface area (Å²) in [7, 11) is 0. The zero-order valence-electron chi connectivity index (χ0n) is 21.0. The topological polar surface area (TPSA) is 91.5 Å². The summed E-state index contributed by atoms with van der Waals surface area (Å²) in [6.07, 6.45) is 11.7. The Morgan fingerprint density at radius 1 is 1.25 bits per heavy atom. The number of pyridine rings is 1. The number of carbonyl (C=O) groups excluding carboxylic acids is 2. The Morgan fingerprint density at radius 3 is 2.86 bits per heavy atom. The molecular formula is C30H32N2O4. The van der Waals surface area contributed by atoms with Gasteiger partial charge in [-0.25, -0.2) is 0 Å². The van der Waals surface area contributed by atoms with Gasteiger partial charge in [-0.15, -0.1) is 0 Å². The van der Waals surface area contributed by atoms with Crippen molar-refractivity contribution < 1.29 is 19.1 Å². The first-order valence-corrected chi connectivity index (χ1v) is 12.8. The SMILES string of the molecule is CC(=O)OC1(C)C[C@H]2[C@@H]3OC4=C(C=C3C=C[C@]2(C)[C@H]1c1cccc2cnccc12)C(=O)CC(CN)C4. The number of aromatic nitrogens is 1. The summed E-state index contributed by atoms with van der Waals surface area (Å²) in [5, 5.41) is 2.18. The maximum absolute atomic E-state index is 12.8. The number of carbonyl (C=O) groups is 2. The quantitative estimate of drug-likeness (QED) is 0.632. The Bertz CT molecular complexity index is 1370. The molecule has 1 aliphatic heterocycles. The number of benzene rings is 1. The molecule has 3 aliphatic carbocycles. The lowest BCUT2D eigenvalue weighted by molar-refractivity contribution is -0.157. The molecule has 0 amide bonds. The van der Waals surface area contributed by atoms with Crippen LogP contribution in [-0.2, 0) is 19.1 Å². The van der Waals surface area contributed by atoms with Crippen molar-refractivity contribution in [2.24, 2.45) is 23.0 Å². The zero-order chi connectivity index (χ0) is 25.2. The fourth-order valence-corrected chi connectivity index (χ4v) is 7.41. The van der Waals surface area contributed by atoms with Crippen molar-refractivity contribution in [2.45, 2.75) is 57.7 Å². The van der Waals surface area contributed by atoms with Crippen molar-refractivity contribution in [2.75, 3.05) is 6.54 Å². The Kier molecular flexibility index (Phi) is 5.23. The number of nitrogens with two attached hydrogens (primary N) is 1. The molecule has 0 saturated heterocycles. The summed E-state index contributed by atoms with van der Waals surface area (Å²) < 4.78 is 12.8. The van der Waals surface area contributed by atoms with Gasteiger partial charge in [-0.1, -0.05) is 37.3 Å². The van der Waals surface area contributed by atoms with Crippen LogP contribution in [0.15, 0.2) is 71.8 Å². The second-order valence-electron chi connectivity index (χ2n) is 11.2. The average molecular weight is 485 g/mol. The Labute approximate surface area is 211 Å². The highest BCUT2D eigenvalue weighted by molar-refractivity contribution is 6.00. The van der Waals surface area contributed by atoms with Crippen LogP contribution < -0.4 is 5.73 Å². The molecule has 0 bridgehead atoms. The van der Waals surface area contributed by atoms with Gasteiger partial charge in [0.25, 0.3) is 0 Å². The first-order valence-electron chi connectivity index (χ1n) is 12.8. The molecule has 2 heterocycles. The number of hydrogen-bond donors (Lipinski definition) is 1. The normalized spacial score (nSPS) is 35.0. The van der Waals surface area contributed by atoms with Gasteiger partial charge in [0, 0.05) is 54.8 Å². The van der Waals surface area contributed by atoms with E-state index in [2.05, 4.69) is 49.2 Å². The van der Waals surface area contributed by atoms with Gasteiger partial charge in [0.1, 0.15) is 17.5 Å². The second kappa shape index (κ2) is 8.13. The minimum atomic E-state index is -0.733. The number of hydrogen-bond acceptors (Lipinski definition) is 6. The first-order chi connectivity index (χ1) is 17.2. The fraction of sp³-hybridized carbons (Fsp3) is 0.433. The molecule has 6 nitrogen and oxygen atoms in total. The van der Waals surface area contributed by atoms with Gasteiger partial charge >= 0.3 is 5.97 Å². The summed E-state index contributed by atoms with van der Waals surface area (Å²) >= 11 is 0. The molecule has 1 saturated carbocycles. The van der Waals surface area contributed by atoms with Crippen LogP contribution in [0.4, 0.5) is 0 Å². The number of rotatable bonds is 3. The zero-order valence-corrected chi connectivity index (χ0v) is 21.0. The van der Waals surface area contributed by atoms with Gasteiger partial charge in [-0.2, -0.15) is 0 Å². The summed E-state index contributed by atoms with van der Waals surface area (Å²) in [5.74, 6) is 0.669. The van der Waals surface area contributed by atoms with E-state index in [0.29, 0.717) is 31.4 Å². The van der Waals surface area contributed by atoms with Crippen molar-refractivity contribution >= 4 is 22.5 Å². The highest BCUT2D eigenvalue weighted by Crippen LogP contribution is 2.65. The number of esters is 1. The molecule has 0 spiro atoms. The number of allylic oxidation sites excluding steroid dienone is 4. The first kappa shape index (κ1) is 23.2. The molecule has 0 radical (unpaired) electrons. The van der Waals surface area contributed by atoms with Gasteiger partial charge in [0.15, 0.2) is 5.78 Å². The highest BCUT2D eigenvalue weighted by Gasteiger charge is 2.63. The van der Waals surface area contributed by atoms with Gasteiger partial charge in [0.2, 0.25) is 0 Å². The molecule has 1 fully saturated rings. The van der Waals surface area contributed by atoms with Crippen molar-refractivity contribution in [1.82, 2.24) is 4.98 Å². The van der Waals surface area contributed by atoms with E-state index < -0.39 is 5.60 Å². The number of ketones is 1. The number of Topliss-reactive ketones (excluding diaryl/α,β-unsaturated/α-hetero) is 1. The molecule has 2 N–H and O–H groups in total. The predicted molar refractivity (Wildman–Crippen MR) is 137 cm³/mol. The third-order valence-corrected chi connectivity index (χ3v) is 8.85. The van der Waals surface area contributed by atoms with Crippen molar-refractivity contribution in [1.29, 1.82) is 0 Å². The maximum atomic E-state index is 12.8. The van der Waals surface area contributed by atoms with Crippen LogP contribution in [0.3, 0.4) is 0 Å². The molecular weight excluding hydrogens is 452 g/mol. The van der Waals surface area contributed by atoms with Crippen LogP contribution in [0.1, 0.15) is 51.5 Å². The third kappa shape index (κ3) is 3.38. The molecule has 1 aromatic heterocycles. The molecule has 6 atom stereocenters. The van der Waals surface area contributed by atoms with Gasteiger partial charge in [-0.3, -0.25) is 14.6 Å². The molecule has 6 rings (SSSR count). The molecule has 186 valence electrons. The smallest absolute Gasteiger partial charge is 0.303 e. The van der Waals surface area contributed by atoms with E-state index in [0.717, 1.165) is 27.7 Å². The number of nitrogens with zero attached hydrogens (tertiary/aromatic N) is 1. The lowest BCUT2D eigenvalue weighted by Crippen LogP contribution is -2.42. The molecule has 4 aliphatic rings.